The van der Waals surface area contributed by atoms with Gasteiger partial charge in [-0.05, 0) is 56.7 Å². The standard InChI is InChI=1S/C25H32N4O5S/c1-4-7-13-28-35(31,32)19-10-11-22-20(14-19)21(15-23(29-22)18-9-8-12-26-16-18)25(30)27-17-24(33-5-2)34-6-3/h8-12,14-16,24,28H,4-7,13,17H2,1-3H3,(H,27,30). The zero-order valence-corrected chi connectivity index (χ0v) is 21.1. The zero-order valence-electron chi connectivity index (χ0n) is 20.3. The van der Waals surface area contributed by atoms with Gasteiger partial charge in [-0.3, -0.25) is 9.78 Å². The molecule has 35 heavy (non-hydrogen) atoms. The van der Waals surface area contributed by atoms with Gasteiger partial charge in [0.2, 0.25) is 10.0 Å². The van der Waals surface area contributed by atoms with Gasteiger partial charge in [-0.2, -0.15) is 0 Å². The number of carbonyl (C=O) groups excluding carboxylic acids is 1. The molecule has 0 radical (unpaired) electrons. The molecule has 10 heteroatoms. The smallest absolute Gasteiger partial charge is 0.252 e. The Morgan fingerprint density at radius 1 is 1.09 bits per heavy atom. The molecule has 0 aliphatic rings. The summed E-state index contributed by atoms with van der Waals surface area (Å²) in [6.07, 6.45) is 4.33. The van der Waals surface area contributed by atoms with Crippen molar-refractivity contribution in [1.29, 1.82) is 0 Å². The van der Waals surface area contributed by atoms with E-state index in [1.54, 1.807) is 30.6 Å². The fourth-order valence-corrected chi connectivity index (χ4v) is 4.60. The number of unbranched alkanes of at least 4 members (excludes halogenated alkanes) is 1. The van der Waals surface area contributed by atoms with Crippen LogP contribution in [-0.4, -0.2) is 56.9 Å². The van der Waals surface area contributed by atoms with Gasteiger partial charge >= 0.3 is 0 Å². The summed E-state index contributed by atoms with van der Waals surface area (Å²) in [7, 11) is -3.73. The monoisotopic (exact) mass is 500 g/mol. The molecule has 0 atom stereocenters. The lowest BCUT2D eigenvalue weighted by atomic mass is 10.0. The molecule has 188 valence electrons. The van der Waals surface area contributed by atoms with Crippen LogP contribution in [0, 0.1) is 0 Å². The Morgan fingerprint density at radius 3 is 2.51 bits per heavy atom. The fourth-order valence-electron chi connectivity index (χ4n) is 3.50. The third-order valence-corrected chi connectivity index (χ3v) is 6.71. The molecular formula is C25H32N4O5S. The van der Waals surface area contributed by atoms with Gasteiger partial charge in [0.15, 0.2) is 6.29 Å². The number of ether oxygens (including phenoxy) is 2. The van der Waals surface area contributed by atoms with Crippen molar-refractivity contribution in [3.05, 3.63) is 54.4 Å². The van der Waals surface area contributed by atoms with Crippen LogP contribution in [0.4, 0.5) is 0 Å². The summed E-state index contributed by atoms with van der Waals surface area (Å²) in [6, 6.07) is 9.88. The summed E-state index contributed by atoms with van der Waals surface area (Å²) >= 11 is 0. The number of rotatable bonds is 13. The Bertz CT molecular complexity index is 1230. The third kappa shape index (κ3) is 7.04. The first kappa shape index (κ1) is 26.7. The number of benzene rings is 1. The van der Waals surface area contributed by atoms with E-state index in [0.717, 1.165) is 18.4 Å². The van der Waals surface area contributed by atoms with Gasteiger partial charge in [0.05, 0.1) is 28.2 Å². The summed E-state index contributed by atoms with van der Waals surface area (Å²) in [5, 5.41) is 3.27. The zero-order chi connectivity index (χ0) is 25.3. The number of carbonyl (C=O) groups is 1. The van der Waals surface area contributed by atoms with Crippen LogP contribution in [0.1, 0.15) is 44.0 Å². The molecule has 0 saturated heterocycles. The van der Waals surface area contributed by atoms with Crippen LogP contribution in [-0.2, 0) is 19.5 Å². The first-order valence-electron chi connectivity index (χ1n) is 11.8. The molecule has 2 aromatic heterocycles. The number of sulfonamides is 1. The molecule has 0 saturated carbocycles. The second-order valence-electron chi connectivity index (χ2n) is 7.78. The van der Waals surface area contributed by atoms with E-state index in [2.05, 4.69) is 20.0 Å². The van der Waals surface area contributed by atoms with E-state index in [9.17, 15) is 13.2 Å². The largest absolute Gasteiger partial charge is 0.351 e. The number of pyridine rings is 2. The summed E-state index contributed by atoms with van der Waals surface area (Å²) < 4.78 is 39.2. The van der Waals surface area contributed by atoms with E-state index >= 15 is 0 Å². The Balaban J connectivity index is 2.03. The predicted octanol–water partition coefficient (Wildman–Crippen LogP) is 3.50. The summed E-state index contributed by atoms with van der Waals surface area (Å²) in [5.41, 5.74) is 2.09. The third-order valence-electron chi connectivity index (χ3n) is 5.25. The SMILES string of the molecule is CCCCNS(=O)(=O)c1ccc2nc(-c3cccnc3)cc(C(=O)NCC(OCC)OCC)c2c1. The first-order valence-corrected chi connectivity index (χ1v) is 13.2. The highest BCUT2D eigenvalue weighted by atomic mass is 32.2. The van der Waals surface area contributed by atoms with E-state index < -0.39 is 16.3 Å². The number of nitrogens with one attached hydrogen (secondary N) is 2. The molecule has 0 unspecified atom stereocenters. The van der Waals surface area contributed by atoms with Crippen LogP contribution >= 0.6 is 0 Å². The molecule has 3 aromatic rings. The molecule has 3 rings (SSSR count). The molecule has 0 spiro atoms. The number of fused-ring (bicyclic) bond motifs is 1. The van der Waals surface area contributed by atoms with Gasteiger partial charge in [0.1, 0.15) is 0 Å². The molecule has 9 nitrogen and oxygen atoms in total. The van der Waals surface area contributed by atoms with Gasteiger partial charge in [0.25, 0.3) is 5.91 Å². The number of aromatic nitrogens is 2. The van der Waals surface area contributed by atoms with E-state index in [1.807, 2.05) is 26.8 Å². The van der Waals surface area contributed by atoms with Crippen LogP contribution in [0.25, 0.3) is 22.2 Å². The molecule has 0 aliphatic heterocycles. The number of hydrogen-bond acceptors (Lipinski definition) is 7. The second kappa shape index (κ2) is 12.7. The van der Waals surface area contributed by atoms with Crippen molar-refractivity contribution in [2.75, 3.05) is 26.3 Å². The van der Waals surface area contributed by atoms with Crippen LogP contribution < -0.4 is 10.0 Å². The van der Waals surface area contributed by atoms with Crippen molar-refractivity contribution in [1.82, 2.24) is 20.0 Å². The Hall–Kier alpha value is -2.92. The fraction of sp³-hybridized carbons (Fsp3) is 0.400. The highest BCUT2D eigenvalue weighted by Crippen LogP contribution is 2.27. The van der Waals surface area contributed by atoms with E-state index in [-0.39, 0.29) is 17.3 Å². The van der Waals surface area contributed by atoms with Crippen molar-refractivity contribution in [3.8, 4) is 11.3 Å². The molecule has 2 N–H and O–H groups in total. The van der Waals surface area contributed by atoms with Crippen LogP contribution in [0.5, 0.6) is 0 Å². The summed E-state index contributed by atoms with van der Waals surface area (Å²) in [4.78, 5) is 22.2. The minimum Gasteiger partial charge on any atom is -0.351 e. The van der Waals surface area contributed by atoms with Gasteiger partial charge in [-0.25, -0.2) is 18.1 Å². The molecule has 1 aromatic carbocycles. The Morgan fingerprint density at radius 2 is 1.86 bits per heavy atom. The normalized spacial score (nSPS) is 11.8. The maximum atomic E-state index is 13.3. The lowest BCUT2D eigenvalue weighted by Gasteiger charge is -2.18. The maximum Gasteiger partial charge on any atom is 0.252 e. The van der Waals surface area contributed by atoms with E-state index in [0.29, 0.717) is 41.9 Å². The minimum absolute atomic E-state index is 0.0765. The molecule has 0 fully saturated rings. The van der Waals surface area contributed by atoms with Crippen molar-refractivity contribution in [3.63, 3.8) is 0 Å². The Labute approximate surface area is 206 Å². The van der Waals surface area contributed by atoms with Gasteiger partial charge in [-0.15, -0.1) is 0 Å². The van der Waals surface area contributed by atoms with Crippen molar-refractivity contribution in [2.24, 2.45) is 0 Å². The molecule has 1 amide bonds. The van der Waals surface area contributed by atoms with Crippen LogP contribution in [0.2, 0.25) is 0 Å². The number of nitrogens with zero attached hydrogens (tertiary/aromatic N) is 2. The lowest BCUT2D eigenvalue weighted by Crippen LogP contribution is -2.35. The first-order chi connectivity index (χ1) is 16.9. The molecule has 0 aliphatic carbocycles. The summed E-state index contributed by atoms with van der Waals surface area (Å²) in [5.74, 6) is -0.388. The van der Waals surface area contributed by atoms with Crippen molar-refractivity contribution >= 4 is 26.8 Å². The Kier molecular flexibility index (Phi) is 9.67. The second-order valence-corrected chi connectivity index (χ2v) is 9.54. The highest BCUT2D eigenvalue weighted by Gasteiger charge is 2.20. The maximum absolute atomic E-state index is 13.3. The van der Waals surface area contributed by atoms with Crippen molar-refractivity contribution in [2.45, 2.75) is 44.8 Å². The number of amides is 1. The predicted molar refractivity (Wildman–Crippen MR) is 134 cm³/mol. The lowest BCUT2D eigenvalue weighted by molar-refractivity contribution is -0.131. The van der Waals surface area contributed by atoms with Crippen LogP contribution in [0.3, 0.4) is 0 Å². The van der Waals surface area contributed by atoms with E-state index in [4.69, 9.17) is 9.47 Å². The molecule has 0 bridgehead atoms. The van der Waals surface area contributed by atoms with Crippen LogP contribution in [0.15, 0.2) is 53.7 Å². The van der Waals surface area contributed by atoms with Gasteiger partial charge < -0.3 is 14.8 Å². The quantitative estimate of drug-likeness (QED) is 0.272. The number of hydrogen-bond donors (Lipinski definition) is 2. The summed E-state index contributed by atoms with van der Waals surface area (Å²) in [6.45, 7) is 7.05. The molecule has 2 heterocycles. The highest BCUT2D eigenvalue weighted by molar-refractivity contribution is 7.89. The topological polar surface area (TPSA) is 120 Å². The van der Waals surface area contributed by atoms with Crippen molar-refractivity contribution < 1.29 is 22.7 Å². The average molecular weight is 501 g/mol. The van der Waals surface area contributed by atoms with Gasteiger partial charge in [0, 0.05) is 43.1 Å². The van der Waals surface area contributed by atoms with E-state index in [1.165, 1.54) is 12.1 Å². The molecular weight excluding hydrogens is 468 g/mol. The minimum atomic E-state index is -3.73. The van der Waals surface area contributed by atoms with Gasteiger partial charge in [-0.1, -0.05) is 13.3 Å². The average Bonchev–Trinajstić information content (AvgIpc) is 2.87.